The molecule has 0 bridgehead atoms. The normalized spacial score (nSPS) is 11.6. The maximum absolute atomic E-state index is 6.48. The summed E-state index contributed by atoms with van der Waals surface area (Å²) in [4.78, 5) is 2.45. The molecule has 0 amide bonds. The zero-order chi connectivity index (χ0) is 44.3. The standard InChI is InChI=1S/C64H42N2O/c1-3-18-43(19-4-1)50-28-15-20-45-21-16-30-56(63(45)50)52-25-8-12-33-59(52)65(58-32-11-7-24-49(58)46-38-41-55-54-27-10-14-35-61(54)67-62(55)42-46)48-39-36-44(37-40-48)51-29-17-31-57-53-26-9-13-34-60(53)66(64(51)57)47-22-5-2-6-23-47/h1-42H. The number of benzene rings is 11. The Morgan fingerprint density at radius 1 is 0.328 bits per heavy atom. The number of aromatic nitrogens is 1. The summed E-state index contributed by atoms with van der Waals surface area (Å²) in [6, 6.07) is 92.0. The Hall–Kier alpha value is -8.92. The maximum atomic E-state index is 6.48. The van der Waals surface area contributed by atoms with Gasteiger partial charge in [0.1, 0.15) is 11.2 Å². The van der Waals surface area contributed by atoms with Crippen LogP contribution in [0.15, 0.2) is 259 Å². The average molecular weight is 855 g/mol. The summed E-state index contributed by atoms with van der Waals surface area (Å²) in [6.45, 7) is 0. The zero-order valence-corrected chi connectivity index (χ0v) is 36.6. The quantitative estimate of drug-likeness (QED) is 0.152. The van der Waals surface area contributed by atoms with Crippen LogP contribution in [0.4, 0.5) is 17.1 Å². The third kappa shape index (κ3) is 6.43. The molecule has 314 valence electrons. The van der Waals surface area contributed by atoms with Crippen molar-refractivity contribution in [3.63, 3.8) is 0 Å². The lowest BCUT2D eigenvalue weighted by Gasteiger charge is -2.30. The van der Waals surface area contributed by atoms with Gasteiger partial charge >= 0.3 is 0 Å². The molecule has 2 heterocycles. The van der Waals surface area contributed by atoms with Crippen LogP contribution in [-0.2, 0) is 0 Å². The van der Waals surface area contributed by atoms with E-state index in [1.54, 1.807) is 0 Å². The molecule has 0 aliphatic carbocycles. The number of fused-ring (bicyclic) bond motifs is 7. The summed E-state index contributed by atoms with van der Waals surface area (Å²) in [5.74, 6) is 0. The summed E-state index contributed by atoms with van der Waals surface area (Å²) in [5, 5.41) is 7.13. The van der Waals surface area contributed by atoms with Crippen LogP contribution in [-0.4, -0.2) is 4.57 Å². The zero-order valence-electron chi connectivity index (χ0n) is 36.6. The van der Waals surface area contributed by atoms with E-state index in [9.17, 15) is 0 Å². The van der Waals surface area contributed by atoms with E-state index in [0.717, 1.165) is 66.9 Å². The number of hydrogen-bond acceptors (Lipinski definition) is 2. The SMILES string of the molecule is c1ccc(-c2cccc3cccc(-c4ccccc4N(c4ccc(-c5cccc6c7ccccc7n(-c7ccccc7)c56)cc4)c4ccccc4-c4ccc5c(c4)oc4ccccc45)c23)cc1. The predicted molar refractivity (Wildman–Crippen MR) is 282 cm³/mol. The number of furan rings is 1. The van der Waals surface area contributed by atoms with Gasteiger partial charge in [0.15, 0.2) is 0 Å². The van der Waals surface area contributed by atoms with E-state index in [0.29, 0.717) is 0 Å². The summed E-state index contributed by atoms with van der Waals surface area (Å²) < 4.78 is 8.89. The minimum absolute atomic E-state index is 0.871. The molecule has 0 N–H and O–H groups in total. The first-order valence-electron chi connectivity index (χ1n) is 22.9. The van der Waals surface area contributed by atoms with Gasteiger partial charge in [-0.1, -0.05) is 194 Å². The van der Waals surface area contributed by atoms with E-state index < -0.39 is 0 Å². The molecule has 0 aliphatic heterocycles. The summed E-state index contributed by atoms with van der Waals surface area (Å²) in [6.07, 6.45) is 0. The Morgan fingerprint density at radius 2 is 0.881 bits per heavy atom. The second-order valence-corrected chi connectivity index (χ2v) is 17.2. The first kappa shape index (κ1) is 38.5. The van der Waals surface area contributed by atoms with Crippen molar-refractivity contribution in [2.75, 3.05) is 4.90 Å². The van der Waals surface area contributed by atoms with Crippen molar-refractivity contribution in [3.05, 3.63) is 255 Å². The largest absolute Gasteiger partial charge is 0.456 e. The summed E-state index contributed by atoms with van der Waals surface area (Å²) in [7, 11) is 0. The van der Waals surface area contributed by atoms with Crippen LogP contribution in [0.1, 0.15) is 0 Å². The van der Waals surface area contributed by atoms with Crippen molar-refractivity contribution < 1.29 is 4.42 Å². The highest BCUT2D eigenvalue weighted by Gasteiger charge is 2.23. The molecule has 0 aliphatic rings. The third-order valence-electron chi connectivity index (χ3n) is 13.4. The first-order chi connectivity index (χ1) is 33.3. The van der Waals surface area contributed by atoms with Crippen LogP contribution in [0.2, 0.25) is 0 Å². The highest BCUT2D eigenvalue weighted by atomic mass is 16.3. The van der Waals surface area contributed by atoms with Crippen molar-refractivity contribution in [3.8, 4) is 50.2 Å². The molecule has 13 aromatic rings. The van der Waals surface area contributed by atoms with Crippen molar-refractivity contribution in [1.82, 2.24) is 4.57 Å². The molecule has 67 heavy (non-hydrogen) atoms. The number of anilines is 3. The molecule has 0 radical (unpaired) electrons. The smallest absolute Gasteiger partial charge is 0.136 e. The molecule has 0 saturated carbocycles. The van der Waals surface area contributed by atoms with Crippen molar-refractivity contribution in [2.45, 2.75) is 0 Å². The molecule has 0 fully saturated rings. The van der Waals surface area contributed by atoms with Gasteiger partial charge in [-0.2, -0.15) is 0 Å². The number of hydrogen-bond donors (Lipinski definition) is 0. The Labute approximate surface area is 388 Å². The molecule has 0 unspecified atom stereocenters. The molecule has 0 atom stereocenters. The molecule has 3 heteroatoms. The van der Waals surface area contributed by atoms with E-state index in [1.807, 2.05) is 12.1 Å². The number of nitrogens with zero attached hydrogens (tertiary/aromatic N) is 2. The molecule has 11 aromatic carbocycles. The molecule has 2 aromatic heterocycles. The van der Waals surface area contributed by atoms with Gasteiger partial charge in [0.25, 0.3) is 0 Å². The van der Waals surface area contributed by atoms with Gasteiger partial charge in [0.2, 0.25) is 0 Å². The Bertz CT molecular complexity index is 3970. The van der Waals surface area contributed by atoms with Crippen LogP contribution in [0.3, 0.4) is 0 Å². The van der Waals surface area contributed by atoms with Crippen LogP contribution >= 0.6 is 0 Å². The van der Waals surface area contributed by atoms with Gasteiger partial charge in [0.05, 0.1) is 22.4 Å². The van der Waals surface area contributed by atoms with E-state index in [1.165, 1.54) is 54.8 Å². The Morgan fingerprint density at radius 3 is 1.69 bits per heavy atom. The molecule has 0 saturated heterocycles. The average Bonchev–Trinajstić information content (AvgIpc) is 3.95. The Balaban J connectivity index is 1.03. The van der Waals surface area contributed by atoms with Crippen LogP contribution in [0, 0.1) is 0 Å². The monoisotopic (exact) mass is 854 g/mol. The fourth-order valence-electron chi connectivity index (χ4n) is 10.4. The molecule has 13 rings (SSSR count). The molecular formula is C64H42N2O. The summed E-state index contributed by atoms with van der Waals surface area (Å²) in [5.41, 5.74) is 17.7. The summed E-state index contributed by atoms with van der Waals surface area (Å²) >= 11 is 0. The second-order valence-electron chi connectivity index (χ2n) is 17.2. The maximum Gasteiger partial charge on any atom is 0.136 e. The van der Waals surface area contributed by atoms with Crippen LogP contribution in [0.25, 0.3) is 105 Å². The van der Waals surface area contributed by atoms with Gasteiger partial charge in [0, 0.05) is 49.6 Å². The topological polar surface area (TPSA) is 21.3 Å². The van der Waals surface area contributed by atoms with E-state index in [2.05, 4.69) is 252 Å². The van der Waals surface area contributed by atoms with Crippen molar-refractivity contribution in [1.29, 1.82) is 0 Å². The van der Waals surface area contributed by atoms with Crippen LogP contribution in [0.5, 0.6) is 0 Å². The van der Waals surface area contributed by atoms with E-state index >= 15 is 0 Å². The number of para-hydroxylation sites is 6. The molecule has 3 nitrogen and oxygen atoms in total. The molecular weight excluding hydrogens is 813 g/mol. The highest BCUT2D eigenvalue weighted by Crippen LogP contribution is 2.48. The fraction of sp³-hybridized carbons (Fsp3) is 0. The van der Waals surface area contributed by atoms with Gasteiger partial charge in [-0.25, -0.2) is 0 Å². The predicted octanol–water partition coefficient (Wildman–Crippen LogP) is 18.0. The van der Waals surface area contributed by atoms with Gasteiger partial charge in [-0.05, 0) is 99.3 Å². The van der Waals surface area contributed by atoms with E-state index in [-0.39, 0.29) is 0 Å². The van der Waals surface area contributed by atoms with E-state index in [4.69, 9.17) is 4.42 Å². The van der Waals surface area contributed by atoms with Crippen molar-refractivity contribution >= 4 is 71.6 Å². The fourth-order valence-corrected chi connectivity index (χ4v) is 10.4. The minimum Gasteiger partial charge on any atom is -0.456 e. The minimum atomic E-state index is 0.871. The lowest BCUT2D eigenvalue weighted by Crippen LogP contribution is -2.12. The van der Waals surface area contributed by atoms with Crippen molar-refractivity contribution in [2.24, 2.45) is 0 Å². The number of rotatable bonds is 8. The van der Waals surface area contributed by atoms with Gasteiger partial charge in [-0.3, -0.25) is 0 Å². The molecule has 0 spiro atoms. The lowest BCUT2D eigenvalue weighted by molar-refractivity contribution is 0.669. The van der Waals surface area contributed by atoms with Gasteiger partial charge in [-0.15, -0.1) is 0 Å². The third-order valence-corrected chi connectivity index (χ3v) is 13.4. The second kappa shape index (κ2) is 16.0. The highest BCUT2D eigenvalue weighted by molar-refractivity contribution is 6.14. The lowest BCUT2D eigenvalue weighted by atomic mass is 9.90. The first-order valence-corrected chi connectivity index (χ1v) is 22.9. The van der Waals surface area contributed by atoms with Gasteiger partial charge < -0.3 is 13.9 Å². The Kier molecular flexibility index (Phi) is 9.17. The van der Waals surface area contributed by atoms with Crippen LogP contribution < -0.4 is 4.90 Å².